The summed E-state index contributed by atoms with van der Waals surface area (Å²) in [7, 11) is 2.17. The minimum atomic E-state index is -0.284. The van der Waals surface area contributed by atoms with Crippen molar-refractivity contribution in [2.24, 2.45) is 0 Å². The number of thiocarbonyl (C=S) groups is 1. The fourth-order valence-corrected chi connectivity index (χ4v) is 4.43. The van der Waals surface area contributed by atoms with Crippen LogP contribution in [0.2, 0.25) is 0 Å². The number of likely N-dealkylation sites (N-methyl/N-ethyl adjacent to an activating group) is 1. The molecule has 0 radical (unpaired) electrons. The molecule has 2 atom stereocenters. The molecular weight excluding hydrogens is 333 g/mol. The van der Waals surface area contributed by atoms with Gasteiger partial charge in [0.25, 0.3) is 0 Å². The zero-order chi connectivity index (χ0) is 17.6. The predicted octanol–water partition coefficient (Wildman–Crippen LogP) is 4.14. The largest absolute Gasteiger partial charge is 0.330 e. The number of rotatable bonds is 1. The molecule has 0 bridgehead atoms. The highest BCUT2D eigenvalue weighted by molar-refractivity contribution is 7.80. The second kappa shape index (κ2) is 6.39. The van der Waals surface area contributed by atoms with Gasteiger partial charge in [0, 0.05) is 24.2 Å². The Balaban J connectivity index is 1.69. The van der Waals surface area contributed by atoms with Crippen molar-refractivity contribution in [2.45, 2.75) is 25.3 Å². The van der Waals surface area contributed by atoms with Gasteiger partial charge in [0.2, 0.25) is 0 Å². The molecule has 25 heavy (non-hydrogen) atoms. The SMILES string of the molecule is Cc1ccc2c(c1)C1CN(C)CCC1N2C(=S)Nc1ccccc1F. The summed E-state index contributed by atoms with van der Waals surface area (Å²) in [4.78, 5) is 4.58. The molecule has 2 aromatic carbocycles. The van der Waals surface area contributed by atoms with Crippen LogP contribution in [0.4, 0.5) is 15.8 Å². The van der Waals surface area contributed by atoms with Crippen LogP contribution >= 0.6 is 12.2 Å². The Labute approximate surface area is 153 Å². The number of benzene rings is 2. The van der Waals surface area contributed by atoms with Gasteiger partial charge in [-0.25, -0.2) is 4.39 Å². The molecule has 4 rings (SSSR count). The van der Waals surface area contributed by atoms with Crippen LogP contribution in [0, 0.1) is 12.7 Å². The van der Waals surface area contributed by atoms with E-state index in [9.17, 15) is 4.39 Å². The maximum absolute atomic E-state index is 14.0. The van der Waals surface area contributed by atoms with Crippen LogP contribution in [0.5, 0.6) is 0 Å². The molecule has 2 unspecified atom stereocenters. The first-order valence-electron chi connectivity index (χ1n) is 8.68. The fourth-order valence-electron chi connectivity index (χ4n) is 4.08. The number of hydrogen-bond acceptors (Lipinski definition) is 2. The van der Waals surface area contributed by atoms with Crippen LogP contribution in [0.1, 0.15) is 23.5 Å². The van der Waals surface area contributed by atoms with Crippen LogP contribution in [-0.2, 0) is 0 Å². The van der Waals surface area contributed by atoms with Gasteiger partial charge < -0.3 is 15.1 Å². The van der Waals surface area contributed by atoms with Gasteiger partial charge in [-0.1, -0.05) is 29.8 Å². The average molecular weight is 355 g/mol. The summed E-state index contributed by atoms with van der Waals surface area (Å²) < 4.78 is 14.0. The Kier molecular flexibility index (Phi) is 4.21. The quantitative estimate of drug-likeness (QED) is 0.775. The highest BCUT2D eigenvalue weighted by Gasteiger charge is 2.42. The molecule has 5 heteroatoms. The van der Waals surface area contributed by atoms with Crippen molar-refractivity contribution < 1.29 is 4.39 Å². The van der Waals surface area contributed by atoms with Gasteiger partial charge in [0.05, 0.1) is 5.69 Å². The number of piperidine rings is 1. The highest BCUT2D eigenvalue weighted by Crippen LogP contribution is 2.45. The van der Waals surface area contributed by atoms with Crippen molar-refractivity contribution >= 4 is 28.7 Å². The zero-order valence-electron chi connectivity index (χ0n) is 14.5. The van der Waals surface area contributed by atoms with Gasteiger partial charge in [-0.15, -0.1) is 0 Å². The molecule has 1 saturated heterocycles. The molecule has 1 N–H and O–H groups in total. The third kappa shape index (κ3) is 2.92. The minimum Gasteiger partial charge on any atom is -0.330 e. The second-order valence-corrected chi connectivity index (χ2v) is 7.45. The van der Waals surface area contributed by atoms with E-state index < -0.39 is 0 Å². The van der Waals surface area contributed by atoms with E-state index in [4.69, 9.17) is 12.2 Å². The Bertz CT molecular complexity index is 822. The molecule has 0 spiro atoms. The lowest BCUT2D eigenvalue weighted by Crippen LogP contribution is -2.48. The molecule has 3 nitrogen and oxygen atoms in total. The first-order chi connectivity index (χ1) is 12.0. The van der Waals surface area contributed by atoms with Crippen LogP contribution in [0.3, 0.4) is 0 Å². The topological polar surface area (TPSA) is 18.5 Å². The van der Waals surface area contributed by atoms with Gasteiger partial charge >= 0.3 is 0 Å². The molecule has 2 aliphatic rings. The van der Waals surface area contributed by atoms with Crippen molar-refractivity contribution in [1.29, 1.82) is 0 Å². The molecule has 0 aromatic heterocycles. The summed E-state index contributed by atoms with van der Waals surface area (Å²) in [5.74, 6) is 0.155. The van der Waals surface area contributed by atoms with Crippen molar-refractivity contribution in [3.8, 4) is 0 Å². The van der Waals surface area contributed by atoms with Crippen LogP contribution in [0.25, 0.3) is 0 Å². The molecule has 130 valence electrons. The Morgan fingerprint density at radius 3 is 2.84 bits per heavy atom. The molecule has 0 saturated carbocycles. The number of fused-ring (bicyclic) bond motifs is 3. The molecule has 1 fully saturated rings. The van der Waals surface area contributed by atoms with Crippen molar-refractivity contribution in [2.75, 3.05) is 30.4 Å². The van der Waals surface area contributed by atoms with Gasteiger partial charge in [0.15, 0.2) is 5.11 Å². The maximum Gasteiger partial charge on any atom is 0.178 e. The van der Waals surface area contributed by atoms with E-state index in [1.807, 2.05) is 6.07 Å². The zero-order valence-corrected chi connectivity index (χ0v) is 15.3. The smallest absolute Gasteiger partial charge is 0.178 e. The summed E-state index contributed by atoms with van der Waals surface area (Å²) in [6.45, 7) is 4.20. The van der Waals surface area contributed by atoms with Gasteiger partial charge in [-0.3, -0.25) is 0 Å². The molecule has 0 amide bonds. The van der Waals surface area contributed by atoms with E-state index in [0.717, 1.165) is 25.2 Å². The molecule has 2 heterocycles. The van der Waals surface area contributed by atoms with Crippen LogP contribution in [-0.4, -0.2) is 36.2 Å². The normalized spacial score (nSPS) is 22.4. The van der Waals surface area contributed by atoms with Crippen LogP contribution < -0.4 is 10.2 Å². The Morgan fingerprint density at radius 1 is 1.24 bits per heavy atom. The van der Waals surface area contributed by atoms with E-state index in [1.165, 1.54) is 17.2 Å². The van der Waals surface area contributed by atoms with Gasteiger partial charge in [0.1, 0.15) is 5.82 Å². The lowest BCUT2D eigenvalue weighted by molar-refractivity contribution is 0.237. The predicted molar refractivity (Wildman–Crippen MR) is 105 cm³/mol. The number of nitrogens with one attached hydrogen (secondary N) is 1. The lowest BCUT2D eigenvalue weighted by atomic mass is 9.89. The number of anilines is 2. The van der Waals surface area contributed by atoms with E-state index in [2.05, 4.69) is 47.3 Å². The third-order valence-electron chi connectivity index (χ3n) is 5.29. The average Bonchev–Trinajstić information content (AvgIpc) is 2.90. The molecule has 2 aromatic rings. The van der Waals surface area contributed by atoms with Crippen LogP contribution in [0.15, 0.2) is 42.5 Å². The Morgan fingerprint density at radius 2 is 2.04 bits per heavy atom. The summed E-state index contributed by atoms with van der Waals surface area (Å²) in [6.07, 6.45) is 1.05. The van der Waals surface area contributed by atoms with Crippen molar-refractivity contribution in [3.63, 3.8) is 0 Å². The fraction of sp³-hybridized carbons (Fsp3) is 0.350. The van der Waals surface area contributed by atoms with Crippen molar-refractivity contribution in [3.05, 3.63) is 59.4 Å². The summed E-state index contributed by atoms with van der Waals surface area (Å²) in [6, 6.07) is 13.6. The Hall–Kier alpha value is -1.98. The molecule has 2 aliphatic heterocycles. The first-order valence-corrected chi connectivity index (χ1v) is 9.09. The number of nitrogens with zero attached hydrogens (tertiary/aromatic N) is 2. The minimum absolute atomic E-state index is 0.284. The molecule has 0 aliphatic carbocycles. The second-order valence-electron chi connectivity index (χ2n) is 7.07. The standard InChI is InChI=1S/C20H22FN3S/c1-13-7-8-18-14(11-13)15-12-23(2)10-9-19(15)24(18)20(25)22-17-6-4-3-5-16(17)21/h3-8,11,15,19H,9-10,12H2,1-2H3,(H,22,25). The van der Waals surface area contributed by atoms with Crippen molar-refractivity contribution in [1.82, 2.24) is 4.90 Å². The van der Waals surface area contributed by atoms with E-state index in [1.54, 1.807) is 12.1 Å². The van der Waals surface area contributed by atoms with E-state index in [0.29, 0.717) is 22.8 Å². The monoisotopic (exact) mass is 355 g/mol. The van der Waals surface area contributed by atoms with E-state index in [-0.39, 0.29) is 5.82 Å². The highest BCUT2D eigenvalue weighted by atomic mass is 32.1. The summed E-state index contributed by atoms with van der Waals surface area (Å²) in [5.41, 5.74) is 4.21. The number of halogens is 1. The number of aryl methyl sites for hydroxylation is 1. The summed E-state index contributed by atoms with van der Waals surface area (Å²) >= 11 is 5.70. The first kappa shape index (κ1) is 16.5. The third-order valence-corrected chi connectivity index (χ3v) is 5.59. The number of hydrogen-bond donors (Lipinski definition) is 1. The number of para-hydroxylation sites is 1. The van der Waals surface area contributed by atoms with E-state index >= 15 is 0 Å². The number of likely N-dealkylation sites (tertiary alicyclic amines) is 1. The summed E-state index contributed by atoms with van der Waals surface area (Å²) in [5, 5.41) is 3.70. The van der Waals surface area contributed by atoms with Gasteiger partial charge in [-0.2, -0.15) is 0 Å². The lowest BCUT2D eigenvalue weighted by Gasteiger charge is -2.37. The van der Waals surface area contributed by atoms with Gasteiger partial charge in [-0.05, 0) is 62.9 Å². The molecular formula is C20H22FN3S. The maximum atomic E-state index is 14.0.